The molecule has 148 valence electrons. The molecule has 0 aliphatic rings. The van der Waals surface area contributed by atoms with E-state index >= 15 is 0 Å². The van der Waals surface area contributed by atoms with Gasteiger partial charge in [0.15, 0.2) is 0 Å². The molecule has 0 unspecified atom stereocenters. The third-order valence-corrected chi connectivity index (χ3v) is 4.47. The molecular weight excluding hydrogens is 394 g/mol. The van der Waals surface area contributed by atoms with Crippen molar-refractivity contribution in [1.82, 2.24) is 9.78 Å². The lowest BCUT2D eigenvalue weighted by Gasteiger charge is -2.09. The van der Waals surface area contributed by atoms with Crippen molar-refractivity contribution in [2.24, 2.45) is 0 Å². The van der Waals surface area contributed by atoms with Crippen LogP contribution in [0.2, 0.25) is 0 Å². The molecule has 0 saturated carbocycles. The van der Waals surface area contributed by atoms with Crippen LogP contribution in [0.25, 0.3) is 27.8 Å². The lowest BCUT2D eigenvalue weighted by Crippen LogP contribution is -2.06. The summed E-state index contributed by atoms with van der Waals surface area (Å²) in [6.45, 7) is 0. The molecular formula is C21H12F6N2. The van der Waals surface area contributed by atoms with Crippen LogP contribution in [0.15, 0.2) is 72.8 Å². The van der Waals surface area contributed by atoms with E-state index < -0.39 is 23.5 Å². The van der Waals surface area contributed by atoms with Crippen molar-refractivity contribution < 1.29 is 26.3 Å². The van der Waals surface area contributed by atoms with E-state index in [1.54, 1.807) is 24.3 Å². The van der Waals surface area contributed by atoms with Crippen molar-refractivity contribution in [3.05, 3.63) is 83.9 Å². The predicted molar refractivity (Wildman–Crippen MR) is 96.5 cm³/mol. The number of benzene rings is 3. The standard InChI is InChI=1S/C21H12F6N2/c22-20(23,24)14-6-3-5-13(11-14)19-17-9-1-2-10-18(17)29(28-19)16-8-4-7-15(12-16)21(25,26)27/h1-12H. The van der Waals surface area contributed by atoms with Crippen molar-refractivity contribution in [2.45, 2.75) is 12.4 Å². The summed E-state index contributed by atoms with van der Waals surface area (Å²) in [7, 11) is 0. The van der Waals surface area contributed by atoms with Crippen LogP contribution < -0.4 is 0 Å². The molecule has 0 aliphatic heterocycles. The van der Waals surface area contributed by atoms with Gasteiger partial charge >= 0.3 is 12.4 Å². The Balaban J connectivity index is 1.92. The summed E-state index contributed by atoms with van der Waals surface area (Å²) in [6.07, 6.45) is -9.04. The summed E-state index contributed by atoms with van der Waals surface area (Å²) in [5.74, 6) is 0. The molecule has 0 N–H and O–H groups in total. The van der Waals surface area contributed by atoms with Gasteiger partial charge in [0, 0.05) is 10.9 Å². The summed E-state index contributed by atoms with van der Waals surface area (Å²) < 4.78 is 79.8. The van der Waals surface area contributed by atoms with Gasteiger partial charge in [-0.15, -0.1) is 0 Å². The van der Waals surface area contributed by atoms with Crippen LogP contribution in [0.4, 0.5) is 26.3 Å². The van der Waals surface area contributed by atoms with E-state index in [2.05, 4.69) is 5.10 Å². The number of hydrogen-bond donors (Lipinski definition) is 0. The zero-order valence-electron chi connectivity index (χ0n) is 14.6. The third-order valence-electron chi connectivity index (χ3n) is 4.47. The Morgan fingerprint density at radius 1 is 0.655 bits per heavy atom. The topological polar surface area (TPSA) is 17.8 Å². The van der Waals surface area contributed by atoms with Crippen LogP contribution in [0, 0.1) is 0 Å². The minimum Gasteiger partial charge on any atom is -0.232 e. The van der Waals surface area contributed by atoms with Crippen molar-refractivity contribution in [3.63, 3.8) is 0 Å². The zero-order chi connectivity index (χ0) is 20.8. The molecule has 4 aromatic rings. The molecule has 0 aliphatic carbocycles. The average Bonchev–Trinajstić information content (AvgIpc) is 3.07. The Morgan fingerprint density at radius 3 is 1.97 bits per heavy atom. The Kier molecular flexibility index (Phi) is 4.37. The highest BCUT2D eigenvalue weighted by atomic mass is 19.4. The molecule has 0 radical (unpaired) electrons. The molecule has 8 heteroatoms. The van der Waals surface area contributed by atoms with Gasteiger partial charge in [0.2, 0.25) is 0 Å². The molecule has 4 rings (SSSR count). The van der Waals surface area contributed by atoms with E-state index in [0.29, 0.717) is 10.9 Å². The number of hydrogen-bond acceptors (Lipinski definition) is 1. The number of rotatable bonds is 2. The quantitative estimate of drug-likeness (QED) is 0.338. The van der Waals surface area contributed by atoms with Crippen LogP contribution in [0.1, 0.15) is 11.1 Å². The summed E-state index contributed by atoms with van der Waals surface area (Å²) in [6, 6.07) is 16.0. The SMILES string of the molecule is FC(F)(F)c1cccc(-c2nn(-c3cccc(C(F)(F)F)c3)c3ccccc23)c1. The molecule has 0 atom stereocenters. The highest BCUT2D eigenvalue weighted by Crippen LogP contribution is 2.36. The minimum absolute atomic E-state index is 0.161. The van der Waals surface area contributed by atoms with E-state index in [1.807, 2.05) is 0 Å². The normalized spacial score (nSPS) is 12.5. The van der Waals surface area contributed by atoms with Crippen LogP contribution in [0.3, 0.4) is 0 Å². The van der Waals surface area contributed by atoms with E-state index in [1.165, 1.54) is 28.9 Å². The minimum atomic E-state index is -4.52. The maximum Gasteiger partial charge on any atom is 0.416 e. The largest absolute Gasteiger partial charge is 0.416 e. The number of alkyl halides is 6. The lowest BCUT2D eigenvalue weighted by atomic mass is 10.0. The second-order valence-corrected chi connectivity index (χ2v) is 6.40. The smallest absolute Gasteiger partial charge is 0.232 e. The summed E-state index contributed by atoms with van der Waals surface area (Å²) >= 11 is 0. The van der Waals surface area contributed by atoms with Gasteiger partial charge in [0.1, 0.15) is 5.69 Å². The molecule has 0 bridgehead atoms. The first-order chi connectivity index (χ1) is 13.6. The van der Waals surface area contributed by atoms with Crippen LogP contribution in [-0.2, 0) is 12.4 Å². The van der Waals surface area contributed by atoms with E-state index in [0.717, 1.165) is 24.3 Å². The van der Waals surface area contributed by atoms with Crippen molar-refractivity contribution in [3.8, 4) is 16.9 Å². The Morgan fingerprint density at radius 2 is 1.28 bits per heavy atom. The van der Waals surface area contributed by atoms with Gasteiger partial charge in [-0.1, -0.05) is 36.4 Å². The fourth-order valence-corrected chi connectivity index (χ4v) is 3.13. The number of halogens is 6. The highest BCUT2D eigenvalue weighted by Gasteiger charge is 2.32. The number of aromatic nitrogens is 2. The Labute approximate surface area is 161 Å². The lowest BCUT2D eigenvalue weighted by molar-refractivity contribution is -0.138. The molecule has 29 heavy (non-hydrogen) atoms. The van der Waals surface area contributed by atoms with E-state index in [9.17, 15) is 26.3 Å². The highest BCUT2D eigenvalue weighted by molar-refractivity contribution is 5.94. The molecule has 2 nitrogen and oxygen atoms in total. The number of nitrogens with zero attached hydrogens (tertiary/aromatic N) is 2. The summed E-state index contributed by atoms with van der Waals surface area (Å²) in [5, 5.41) is 4.89. The van der Waals surface area contributed by atoms with Gasteiger partial charge < -0.3 is 0 Å². The first kappa shape index (κ1) is 19.0. The molecule has 3 aromatic carbocycles. The molecule has 1 heterocycles. The second-order valence-electron chi connectivity index (χ2n) is 6.40. The summed E-state index contributed by atoms with van der Waals surface area (Å²) in [5.41, 5.74) is -0.540. The monoisotopic (exact) mass is 406 g/mol. The van der Waals surface area contributed by atoms with Crippen molar-refractivity contribution in [1.29, 1.82) is 0 Å². The van der Waals surface area contributed by atoms with Gasteiger partial charge in [-0.25, -0.2) is 4.68 Å². The molecule has 1 aromatic heterocycles. The average molecular weight is 406 g/mol. The van der Waals surface area contributed by atoms with Gasteiger partial charge in [0.05, 0.1) is 22.3 Å². The van der Waals surface area contributed by atoms with Gasteiger partial charge in [-0.3, -0.25) is 0 Å². The van der Waals surface area contributed by atoms with E-state index in [4.69, 9.17) is 0 Å². The number of fused-ring (bicyclic) bond motifs is 1. The molecule has 0 amide bonds. The Bertz CT molecular complexity index is 1100. The fourth-order valence-electron chi connectivity index (χ4n) is 3.13. The van der Waals surface area contributed by atoms with Gasteiger partial charge in [0.25, 0.3) is 0 Å². The van der Waals surface area contributed by atoms with Crippen molar-refractivity contribution >= 4 is 10.9 Å². The van der Waals surface area contributed by atoms with Gasteiger partial charge in [-0.2, -0.15) is 31.4 Å². The van der Waals surface area contributed by atoms with Crippen molar-refractivity contribution in [2.75, 3.05) is 0 Å². The molecule has 0 spiro atoms. The second kappa shape index (κ2) is 6.65. The fraction of sp³-hybridized carbons (Fsp3) is 0.0952. The molecule has 0 fully saturated rings. The van der Waals surface area contributed by atoms with Crippen LogP contribution in [0.5, 0.6) is 0 Å². The maximum absolute atomic E-state index is 13.1. The first-order valence-electron chi connectivity index (χ1n) is 8.47. The first-order valence-corrected chi connectivity index (χ1v) is 8.47. The Hall–Kier alpha value is -3.29. The van der Waals surface area contributed by atoms with Crippen LogP contribution >= 0.6 is 0 Å². The maximum atomic E-state index is 13.1. The number of para-hydroxylation sites is 1. The van der Waals surface area contributed by atoms with E-state index in [-0.39, 0.29) is 16.9 Å². The summed E-state index contributed by atoms with van der Waals surface area (Å²) in [4.78, 5) is 0. The predicted octanol–water partition coefficient (Wildman–Crippen LogP) is 6.73. The third kappa shape index (κ3) is 3.57. The zero-order valence-corrected chi connectivity index (χ0v) is 14.6. The molecule has 0 saturated heterocycles. The van der Waals surface area contributed by atoms with Gasteiger partial charge in [-0.05, 0) is 36.4 Å². The van der Waals surface area contributed by atoms with Crippen LogP contribution in [-0.4, -0.2) is 9.78 Å².